The fourth-order valence-corrected chi connectivity index (χ4v) is 3.70. The van der Waals surface area contributed by atoms with Gasteiger partial charge < -0.3 is 14.8 Å². The van der Waals surface area contributed by atoms with Gasteiger partial charge in [-0.25, -0.2) is 0 Å². The lowest BCUT2D eigenvalue weighted by atomic mass is 9.67. The molecule has 1 saturated heterocycles. The second-order valence-corrected chi connectivity index (χ2v) is 5.70. The molecule has 1 aromatic heterocycles. The maximum absolute atomic E-state index is 12.1. The Morgan fingerprint density at radius 1 is 1.67 bits per heavy atom. The van der Waals surface area contributed by atoms with Crippen molar-refractivity contribution in [1.29, 1.82) is 0 Å². The molecule has 1 aromatic rings. The minimum atomic E-state index is 0.0210. The number of amides is 1. The first-order valence-electron chi connectivity index (χ1n) is 6.25. The van der Waals surface area contributed by atoms with Crippen LogP contribution in [0, 0.1) is 11.8 Å². The first kappa shape index (κ1) is 12.1. The van der Waals surface area contributed by atoms with E-state index in [2.05, 4.69) is 5.32 Å². The molecule has 3 rings (SSSR count). The van der Waals surface area contributed by atoms with Crippen LogP contribution in [0.5, 0.6) is 0 Å². The highest BCUT2D eigenvalue weighted by Gasteiger charge is 2.54. The molecule has 0 spiro atoms. The third kappa shape index (κ3) is 1.96. The fraction of sp³-hybridized carbons (Fsp3) is 0.615. The fourth-order valence-electron chi connectivity index (χ4n) is 3.06. The summed E-state index contributed by atoms with van der Waals surface area (Å²) in [5.41, 5.74) is 0.749. The molecular formula is C13H17NO3S. The molecule has 1 N–H and O–H groups in total. The van der Waals surface area contributed by atoms with Gasteiger partial charge in [-0.05, 0) is 17.9 Å². The van der Waals surface area contributed by atoms with Crippen molar-refractivity contribution in [3.05, 3.63) is 22.4 Å². The number of carbonyl (C=O) groups excluding carboxylic acids is 1. The van der Waals surface area contributed by atoms with Gasteiger partial charge in [-0.1, -0.05) is 0 Å². The van der Waals surface area contributed by atoms with Crippen LogP contribution in [0.2, 0.25) is 0 Å². The van der Waals surface area contributed by atoms with Crippen LogP contribution in [-0.4, -0.2) is 38.4 Å². The van der Waals surface area contributed by atoms with Gasteiger partial charge in [0.15, 0.2) is 0 Å². The lowest BCUT2D eigenvalue weighted by molar-refractivity contribution is -0.0809. The summed E-state index contributed by atoms with van der Waals surface area (Å²) in [6, 6.07) is 2.05. The lowest BCUT2D eigenvalue weighted by Crippen LogP contribution is -2.62. The molecule has 1 aliphatic carbocycles. The third-order valence-corrected chi connectivity index (χ3v) is 4.65. The lowest BCUT2D eigenvalue weighted by Gasteiger charge is -2.47. The van der Waals surface area contributed by atoms with E-state index < -0.39 is 0 Å². The predicted molar refractivity (Wildman–Crippen MR) is 68.8 cm³/mol. The van der Waals surface area contributed by atoms with Gasteiger partial charge in [0, 0.05) is 42.5 Å². The number of fused-ring (bicyclic) bond motifs is 1. The average Bonchev–Trinajstić information content (AvgIpc) is 3.02. The van der Waals surface area contributed by atoms with Crippen molar-refractivity contribution in [1.82, 2.24) is 5.32 Å². The molecule has 4 atom stereocenters. The van der Waals surface area contributed by atoms with Gasteiger partial charge in [-0.15, -0.1) is 0 Å². The Kier molecular flexibility index (Phi) is 3.37. The summed E-state index contributed by atoms with van der Waals surface area (Å²) >= 11 is 1.54. The van der Waals surface area contributed by atoms with Crippen LogP contribution in [0.3, 0.4) is 0 Å². The Labute approximate surface area is 110 Å². The standard InChI is InChI=1S/C13H17NO3S/c1-16-6-10-11(9-2-4-17-12(9)10)14-13(15)8-3-5-18-7-8/h3,5,7,9-12H,2,4,6H2,1H3,(H,14,15)/t9-,10+,11+,12-/m0/s1. The Bertz CT molecular complexity index is 420. The van der Waals surface area contributed by atoms with Gasteiger partial charge >= 0.3 is 0 Å². The monoisotopic (exact) mass is 267 g/mol. The van der Waals surface area contributed by atoms with Crippen molar-refractivity contribution in [2.45, 2.75) is 18.6 Å². The predicted octanol–water partition coefficient (Wildman–Crippen LogP) is 1.53. The Hall–Kier alpha value is -0.910. The highest BCUT2D eigenvalue weighted by molar-refractivity contribution is 7.08. The first-order chi connectivity index (χ1) is 8.81. The van der Waals surface area contributed by atoms with E-state index in [4.69, 9.17) is 9.47 Å². The molecule has 5 heteroatoms. The molecule has 1 saturated carbocycles. The zero-order chi connectivity index (χ0) is 12.5. The van der Waals surface area contributed by atoms with E-state index in [-0.39, 0.29) is 18.1 Å². The van der Waals surface area contributed by atoms with Gasteiger partial charge in [-0.2, -0.15) is 11.3 Å². The summed E-state index contributed by atoms with van der Waals surface area (Å²) in [6.45, 7) is 1.45. The molecule has 98 valence electrons. The summed E-state index contributed by atoms with van der Waals surface area (Å²) in [6.07, 6.45) is 1.32. The largest absolute Gasteiger partial charge is 0.384 e. The Morgan fingerprint density at radius 2 is 2.56 bits per heavy atom. The quantitative estimate of drug-likeness (QED) is 0.900. The van der Waals surface area contributed by atoms with Gasteiger partial charge in [-0.3, -0.25) is 4.79 Å². The van der Waals surface area contributed by atoms with Crippen molar-refractivity contribution in [2.24, 2.45) is 11.8 Å². The van der Waals surface area contributed by atoms with Crippen molar-refractivity contribution < 1.29 is 14.3 Å². The van der Waals surface area contributed by atoms with Crippen LogP contribution in [0.15, 0.2) is 16.8 Å². The average molecular weight is 267 g/mol. The molecule has 2 fully saturated rings. The molecule has 1 aliphatic heterocycles. The summed E-state index contributed by atoms with van der Waals surface area (Å²) in [7, 11) is 1.69. The second-order valence-electron chi connectivity index (χ2n) is 4.92. The minimum Gasteiger partial charge on any atom is -0.384 e. The van der Waals surface area contributed by atoms with Crippen molar-refractivity contribution in [2.75, 3.05) is 20.3 Å². The number of ether oxygens (including phenoxy) is 2. The van der Waals surface area contributed by atoms with Crippen molar-refractivity contribution in [3.63, 3.8) is 0 Å². The summed E-state index contributed by atoms with van der Waals surface area (Å²) in [5.74, 6) is 0.783. The third-order valence-electron chi connectivity index (χ3n) is 3.97. The summed E-state index contributed by atoms with van der Waals surface area (Å²) in [4.78, 5) is 12.1. The molecule has 0 radical (unpaired) electrons. The maximum atomic E-state index is 12.1. The number of methoxy groups -OCH3 is 1. The van der Waals surface area contributed by atoms with Crippen LogP contribution < -0.4 is 5.32 Å². The zero-order valence-electron chi connectivity index (χ0n) is 10.3. The molecule has 0 bridgehead atoms. The number of hydrogen-bond acceptors (Lipinski definition) is 4. The number of hydrogen-bond donors (Lipinski definition) is 1. The SMILES string of the molecule is COC[C@@H]1[C@H](NC(=O)c2ccsc2)[C@@H]2CCO[C@H]12. The minimum absolute atomic E-state index is 0.0210. The Balaban J connectivity index is 1.66. The Morgan fingerprint density at radius 3 is 3.28 bits per heavy atom. The van der Waals surface area contributed by atoms with E-state index in [1.807, 2.05) is 16.8 Å². The molecular weight excluding hydrogens is 250 g/mol. The molecule has 4 nitrogen and oxygen atoms in total. The van der Waals surface area contributed by atoms with E-state index in [9.17, 15) is 4.79 Å². The number of carbonyl (C=O) groups is 1. The van der Waals surface area contributed by atoms with Crippen LogP contribution >= 0.6 is 11.3 Å². The second kappa shape index (κ2) is 4.99. The van der Waals surface area contributed by atoms with Gasteiger partial charge in [0.1, 0.15) is 0 Å². The molecule has 0 aromatic carbocycles. The van der Waals surface area contributed by atoms with Crippen LogP contribution in [0.4, 0.5) is 0 Å². The van der Waals surface area contributed by atoms with Gasteiger partial charge in [0.2, 0.25) is 0 Å². The zero-order valence-corrected chi connectivity index (χ0v) is 11.1. The van der Waals surface area contributed by atoms with Crippen LogP contribution in [-0.2, 0) is 9.47 Å². The van der Waals surface area contributed by atoms with E-state index >= 15 is 0 Å². The smallest absolute Gasteiger partial charge is 0.252 e. The molecule has 2 aliphatic rings. The highest BCUT2D eigenvalue weighted by atomic mass is 32.1. The molecule has 18 heavy (non-hydrogen) atoms. The molecule has 0 unspecified atom stereocenters. The van der Waals surface area contributed by atoms with Crippen LogP contribution in [0.25, 0.3) is 0 Å². The van der Waals surface area contributed by atoms with Gasteiger partial charge in [0.05, 0.1) is 12.7 Å². The molecule has 2 heterocycles. The number of rotatable bonds is 4. The van der Waals surface area contributed by atoms with E-state index in [0.29, 0.717) is 18.4 Å². The molecule has 1 amide bonds. The maximum Gasteiger partial charge on any atom is 0.252 e. The van der Waals surface area contributed by atoms with E-state index in [0.717, 1.165) is 18.6 Å². The number of thiophene rings is 1. The van der Waals surface area contributed by atoms with Crippen molar-refractivity contribution in [3.8, 4) is 0 Å². The number of nitrogens with one attached hydrogen (secondary N) is 1. The van der Waals surface area contributed by atoms with Gasteiger partial charge in [0.25, 0.3) is 5.91 Å². The first-order valence-corrected chi connectivity index (χ1v) is 7.19. The highest BCUT2D eigenvalue weighted by Crippen LogP contribution is 2.43. The summed E-state index contributed by atoms with van der Waals surface area (Å²) in [5, 5.41) is 6.93. The van der Waals surface area contributed by atoms with Crippen molar-refractivity contribution >= 4 is 17.2 Å². The van der Waals surface area contributed by atoms with E-state index in [1.165, 1.54) is 0 Å². The topological polar surface area (TPSA) is 47.6 Å². The van der Waals surface area contributed by atoms with E-state index in [1.54, 1.807) is 18.4 Å². The normalized spacial score (nSPS) is 33.8. The summed E-state index contributed by atoms with van der Waals surface area (Å²) < 4.78 is 10.9. The van der Waals surface area contributed by atoms with Crippen LogP contribution in [0.1, 0.15) is 16.8 Å².